The van der Waals surface area contributed by atoms with Crippen LogP contribution >= 0.6 is 0 Å². The van der Waals surface area contributed by atoms with Crippen molar-refractivity contribution in [1.82, 2.24) is 20.0 Å². The number of carbonyl (C=O) groups is 1. The highest BCUT2D eigenvalue weighted by atomic mass is 16.2. The van der Waals surface area contributed by atoms with Crippen LogP contribution in [0.4, 0.5) is 4.79 Å². The molecule has 0 spiro atoms. The van der Waals surface area contributed by atoms with Gasteiger partial charge in [0.1, 0.15) is 0 Å². The Balaban J connectivity index is 1.32. The predicted molar refractivity (Wildman–Crippen MR) is 98.3 cm³/mol. The average Bonchev–Trinajstić information content (AvgIpc) is 2.72. The van der Waals surface area contributed by atoms with Gasteiger partial charge >= 0.3 is 6.03 Å². The van der Waals surface area contributed by atoms with E-state index in [4.69, 9.17) is 0 Å². The fourth-order valence-electron chi connectivity index (χ4n) is 5.62. The number of rotatable bonds is 4. The van der Waals surface area contributed by atoms with E-state index < -0.39 is 0 Å². The van der Waals surface area contributed by atoms with Crippen LogP contribution in [0.3, 0.4) is 0 Å². The van der Waals surface area contributed by atoms with E-state index in [9.17, 15) is 4.79 Å². The maximum absolute atomic E-state index is 12.8. The molecule has 0 radical (unpaired) electrons. The summed E-state index contributed by atoms with van der Waals surface area (Å²) in [4.78, 5) is 15.0. The molecule has 5 heteroatoms. The van der Waals surface area contributed by atoms with Gasteiger partial charge in [0.05, 0.1) is 5.69 Å². The number of urea groups is 1. The quantitative estimate of drug-likeness (QED) is 0.910. The van der Waals surface area contributed by atoms with E-state index in [0.29, 0.717) is 12.0 Å². The van der Waals surface area contributed by atoms with Gasteiger partial charge in [-0.15, -0.1) is 0 Å². The van der Waals surface area contributed by atoms with Crippen LogP contribution in [0.1, 0.15) is 50.4 Å². The zero-order valence-corrected chi connectivity index (χ0v) is 15.9. The maximum atomic E-state index is 12.8. The Morgan fingerprint density at radius 1 is 1.20 bits per heavy atom. The van der Waals surface area contributed by atoms with Crippen molar-refractivity contribution in [2.75, 3.05) is 13.1 Å². The second-order valence-electron chi connectivity index (χ2n) is 8.98. The van der Waals surface area contributed by atoms with Crippen LogP contribution < -0.4 is 5.32 Å². The first-order valence-corrected chi connectivity index (χ1v) is 10.0. The molecular weight excluding hydrogens is 312 g/mol. The molecule has 1 N–H and O–H groups in total. The molecule has 2 saturated carbocycles. The maximum Gasteiger partial charge on any atom is 0.317 e. The summed E-state index contributed by atoms with van der Waals surface area (Å²) in [5.74, 6) is 2.88. The lowest BCUT2D eigenvalue weighted by Crippen LogP contribution is -2.48. The third kappa shape index (κ3) is 3.56. The first-order chi connectivity index (χ1) is 12.0. The van der Waals surface area contributed by atoms with Crippen LogP contribution in [0.5, 0.6) is 0 Å². The van der Waals surface area contributed by atoms with Gasteiger partial charge in [-0.1, -0.05) is 6.92 Å². The molecule has 1 aromatic heterocycles. The van der Waals surface area contributed by atoms with Gasteiger partial charge in [-0.25, -0.2) is 4.79 Å². The molecule has 4 fully saturated rings. The van der Waals surface area contributed by atoms with Crippen LogP contribution in [-0.4, -0.2) is 39.8 Å². The van der Waals surface area contributed by atoms with Gasteiger partial charge in [0.2, 0.25) is 0 Å². The summed E-state index contributed by atoms with van der Waals surface area (Å²) in [5.41, 5.74) is 2.25. The SMILES string of the molecule is Cc1cc(C)n(CC(C)CNC(=O)N2CC3CC4CC(C3)CC2C4)n1. The Morgan fingerprint density at radius 3 is 2.52 bits per heavy atom. The van der Waals surface area contributed by atoms with Gasteiger partial charge in [0.25, 0.3) is 0 Å². The molecule has 25 heavy (non-hydrogen) atoms. The number of aryl methyl sites for hydroxylation is 2. The molecule has 2 saturated heterocycles. The molecule has 4 aliphatic rings. The van der Waals surface area contributed by atoms with Gasteiger partial charge in [-0.05, 0) is 75.7 Å². The number of amides is 2. The first-order valence-electron chi connectivity index (χ1n) is 10.0. The van der Waals surface area contributed by atoms with Crippen LogP contribution in [0, 0.1) is 37.5 Å². The van der Waals surface area contributed by atoms with E-state index in [2.05, 4.69) is 39.9 Å². The smallest absolute Gasteiger partial charge is 0.317 e. The van der Waals surface area contributed by atoms with Crippen molar-refractivity contribution < 1.29 is 4.79 Å². The van der Waals surface area contributed by atoms with Crippen LogP contribution in [-0.2, 0) is 6.54 Å². The number of nitrogens with zero attached hydrogens (tertiary/aromatic N) is 3. The molecule has 2 aliphatic heterocycles. The van der Waals surface area contributed by atoms with Gasteiger partial charge in [0, 0.05) is 31.4 Å². The molecule has 1 aromatic rings. The van der Waals surface area contributed by atoms with Crippen molar-refractivity contribution in [2.45, 2.75) is 65.5 Å². The van der Waals surface area contributed by atoms with Crippen molar-refractivity contribution in [3.8, 4) is 0 Å². The fraction of sp³-hybridized carbons (Fsp3) is 0.800. The average molecular weight is 345 g/mol. The zero-order valence-electron chi connectivity index (χ0n) is 15.9. The van der Waals surface area contributed by atoms with E-state index in [1.807, 2.05) is 6.92 Å². The van der Waals surface area contributed by atoms with Crippen molar-refractivity contribution in [1.29, 1.82) is 0 Å². The summed E-state index contributed by atoms with van der Waals surface area (Å²) in [5, 5.41) is 7.74. The third-order valence-electron chi connectivity index (χ3n) is 6.56. The second kappa shape index (κ2) is 6.65. The lowest BCUT2D eigenvalue weighted by Gasteiger charge is -2.39. The summed E-state index contributed by atoms with van der Waals surface area (Å²) >= 11 is 0. The molecule has 4 bridgehead atoms. The number of hydrogen-bond acceptors (Lipinski definition) is 2. The fourth-order valence-corrected chi connectivity index (χ4v) is 5.62. The minimum atomic E-state index is 0.165. The number of fused-ring (bicyclic) bond motifs is 1. The Labute approximate surface area is 151 Å². The summed E-state index contributed by atoms with van der Waals surface area (Å²) in [6.45, 7) is 8.86. The molecule has 0 aromatic carbocycles. The van der Waals surface area contributed by atoms with Crippen molar-refractivity contribution >= 4 is 6.03 Å². The van der Waals surface area contributed by atoms with Gasteiger partial charge < -0.3 is 10.2 Å². The molecule has 3 heterocycles. The van der Waals surface area contributed by atoms with Crippen LogP contribution in [0.25, 0.3) is 0 Å². The highest BCUT2D eigenvalue weighted by molar-refractivity contribution is 5.74. The Morgan fingerprint density at radius 2 is 1.88 bits per heavy atom. The molecule has 3 unspecified atom stereocenters. The largest absolute Gasteiger partial charge is 0.338 e. The van der Waals surface area contributed by atoms with Crippen molar-refractivity contribution in [3.63, 3.8) is 0 Å². The standard InChI is InChI=1S/C20H32N4O/c1-13(11-24-15(3)4-14(2)22-24)10-21-20(25)23-12-18-6-16-5-17(7-18)9-19(23)8-16/h4,13,16-19H,5-12H2,1-3H3,(H,21,25). The van der Waals surface area contributed by atoms with Gasteiger partial charge in [0.15, 0.2) is 0 Å². The van der Waals surface area contributed by atoms with Crippen LogP contribution in [0.15, 0.2) is 6.07 Å². The topological polar surface area (TPSA) is 50.2 Å². The van der Waals surface area contributed by atoms with E-state index >= 15 is 0 Å². The summed E-state index contributed by atoms with van der Waals surface area (Å²) in [6, 6.07) is 2.76. The van der Waals surface area contributed by atoms with Gasteiger partial charge in [-0.3, -0.25) is 4.68 Å². The molecule has 2 aliphatic carbocycles. The summed E-state index contributed by atoms with van der Waals surface area (Å²) in [7, 11) is 0. The lowest BCUT2D eigenvalue weighted by molar-refractivity contribution is 0.131. The minimum Gasteiger partial charge on any atom is -0.338 e. The van der Waals surface area contributed by atoms with E-state index in [0.717, 1.165) is 43.1 Å². The van der Waals surface area contributed by atoms with Gasteiger partial charge in [-0.2, -0.15) is 5.10 Å². The number of hydrogen-bond donors (Lipinski definition) is 1. The van der Waals surface area contributed by atoms with Crippen LogP contribution in [0.2, 0.25) is 0 Å². The van der Waals surface area contributed by atoms with E-state index in [-0.39, 0.29) is 6.03 Å². The third-order valence-corrected chi connectivity index (χ3v) is 6.56. The molecule has 5 rings (SSSR count). The van der Waals surface area contributed by atoms with E-state index in [1.165, 1.54) is 37.8 Å². The number of aromatic nitrogens is 2. The molecule has 138 valence electrons. The Kier molecular flexibility index (Phi) is 4.50. The first kappa shape index (κ1) is 16.9. The lowest BCUT2D eigenvalue weighted by atomic mass is 9.68. The Hall–Kier alpha value is -1.52. The molecular formula is C20H32N4O. The number of nitrogens with one attached hydrogen (secondary N) is 1. The minimum absolute atomic E-state index is 0.165. The molecule has 5 nitrogen and oxygen atoms in total. The predicted octanol–water partition coefficient (Wildman–Crippen LogP) is 3.36. The van der Waals surface area contributed by atoms with E-state index in [1.54, 1.807) is 0 Å². The summed E-state index contributed by atoms with van der Waals surface area (Å²) < 4.78 is 2.05. The zero-order chi connectivity index (χ0) is 17.6. The van der Waals surface area contributed by atoms with Crippen molar-refractivity contribution in [2.24, 2.45) is 23.7 Å². The monoisotopic (exact) mass is 344 g/mol. The molecule has 3 atom stereocenters. The normalized spacial score (nSPS) is 31.9. The Bertz CT molecular complexity index is 626. The highest BCUT2D eigenvalue weighted by Gasteiger charge is 2.44. The second-order valence-corrected chi connectivity index (χ2v) is 8.98. The molecule has 2 amide bonds. The summed E-state index contributed by atoms with van der Waals surface area (Å²) in [6.07, 6.45) is 6.60. The number of carbonyl (C=O) groups excluding carboxylic acids is 1. The highest BCUT2D eigenvalue weighted by Crippen LogP contribution is 2.47. The van der Waals surface area contributed by atoms with Crippen molar-refractivity contribution in [3.05, 3.63) is 17.5 Å².